The molecule has 178 valence electrons. The summed E-state index contributed by atoms with van der Waals surface area (Å²) in [6, 6.07) is 18.2. The van der Waals surface area contributed by atoms with Gasteiger partial charge in [0.25, 0.3) is 0 Å². The monoisotopic (exact) mass is 461 g/mol. The van der Waals surface area contributed by atoms with Crippen molar-refractivity contribution >= 4 is 6.08 Å². The zero-order chi connectivity index (χ0) is 23.9. The molecular formula is C28H31NO5. The highest BCUT2D eigenvalue weighted by atomic mass is 16.5. The Morgan fingerprint density at radius 3 is 2.18 bits per heavy atom. The average Bonchev–Trinajstić information content (AvgIpc) is 2.89. The lowest BCUT2D eigenvalue weighted by Gasteiger charge is -2.26. The molecule has 1 aliphatic rings. The fourth-order valence-electron chi connectivity index (χ4n) is 4.18. The van der Waals surface area contributed by atoms with Crippen LogP contribution in [0.25, 0.3) is 6.08 Å². The maximum atomic E-state index is 6.11. The normalized spacial score (nSPS) is 15.0. The fourth-order valence-corrected chi connectivity index (χ4v) is 4.18. The summed E-state index contributed by atoms with van der Waals surface area (Å²) in [6.45, 7) is 1.38. The van der Waals surface area contributed by atoms with Crippen molar-refractivity contribution in [1.29, 1.82) is 0 Å². The van der Waals surface area contributed by atoms with Crippen molar-refractivity contribution in [2.75, 3.05) is 35.0 Å². The van der Waals surface area contributed by atoms with E-state index in [0.717, 1.165) is 35.6 Å². The van der Waals surface area contributed by atoms with Crippen molar-refractivity contribution in [2.24, 2.45) is 0 Å². The second-order valence-corrected chi connectivity index (χ2v) is 7.98. The van der Waals surface area contributed by atoms with Crippen LogP contribution in [-0.2, 0) is 13.0 Å². The first-order valence-corrected chi connectivity index (χ1v) is 11.3. The van der Waals surface area contributed by atoms with Gasteiger partial charge in [0, 0.05) is 6.54 Å². The van der Waals surface area contributed by atoms with Crippen molar-refractivity contribution in [3.63, 3.8) is 0 Å². The van der Waals surface area contributed by atoms with Crippen LogP contribution in [-0.4, -0.2) is 35.0 Å². The molecule has 0 radical (unpaired) electrons. The first-order valence-electron chi connectivity index (χ1n) is 11.3. The van der Waals surface area contributed by atoms with Crippen LogP contribution in [0.4, 0.5) is 0 Å². The average molecular weight is 462 g/mol. The van der Waals surface area contributed by atoms with Crippen molar-refractivity contribution in [3.05, 3.63) is 82.9 Å². The molecule has 1 heterocycles. The van der Waals surface area contributed by atoms with E-state index in [1.165, 1.54) is 11.1 Å². The number of benzene rings is 3. The Morgan fingerprint density at radius 2 is 1.53 bits per heavy atom. The Kier molecular flexibility index (Phi) is 7.60. The summed E-state index contributed by atoms with van der Waals surface area (Å²) in [6.07, 6.45) is 5.13. The highest BCUT2D eigenvalue weighted by Crippen LogP contribution is 2.39. The third-order valence-electron chi connectivity index (χ3n) is 5.92. The van der Waals surface area contributed by atoms with Crippen LogP contribution in [0.3, 0.4) is 0 Å². The van der Waals surface area contributed by atoms with Crippen LogP contribution in [0.15, 0.2) is 60.7 Å². The number of hydrogen-bond donors (Lipinski definition) is 1. The smallest absolute Gasteiger partial charge is 0.203 e. The van der Waals surface area contributed by atoms with Gasteiger partial charge in [-0.05, 0) is 52.9 Å². The topological polar surface area (TPSA) is 58.2 Å². The number of methoxy groups -OCH3 is 4. The molecule has 6 nitrogen and oxygen atoms in total. The summed E-state index contributed by atoms with van der Waals surface area (Å²) in [5.74, 6) is 3.32. The van der Waals surface area contributed by atoms with Gasteiger partial charge in [0.05, 0.1) is 34.5 Å². The quantitative estimate of drug-likeness (QED) is 0.473. The SMILES string of the molecule is COc1cc2c(cc1OCc1ccccc1)CCNC2/C=C/c1cc(OC)c(OC)c(OC)c1. The van der Waals surface area contributed by atoms with Crippen LogP contribution in [0, 0.1) is 0 Å². The molecule has 1 aliphatic heterocycles. The molecule has 0 saturated heterocycles. The summed E-state index contributed by atoms with van der Waals surface area (Å²) in [7, 11) is 6.51. The summed E-state index contributed by atoms with van der Waals surface area (Å²) < 4.78 is 28.2. The summed E-state index contributed by atoms with van der Waals surface area (Å²) in [5.41, 5.74) is 4.51. The first-order chi connectivity index (χ1) is 16.7. The maximum absolute atomic E-state index is 6.11. The minimum atomic E-state index is 0.0416. The molecule has 0 spiro atoms. The van der Waals surface area contributed by atoms with Gasteiger partial charge in [-0.25, -0.2) is 0 Å². The number of nitrogens with one attached hydrogen (secondary N) is 1. The molecule has 4 rings (SSSR count). The van der Waals surface area contributed by atoms with E-state index in [1.54, 1.807) is 28.4 Å². The van der Waals surface area contributed by atoms with Crippen LogP contribution in [0.1, 0.15) is 28.3 Å². The Balaban J connectivity index is 1.59. The van der Waals surface area contributed by atoms with E-state index >= 15 is 0 Å². The van der Waals surface area contributed by atoms with Crippen LogP contribution in [0.5, 0.6) is 28.7 Å². The molecule has 0 aromatic heterocycles. The lowest BCUT2D eigenvalue weighted by atomic mass is 9.93. The zero-order valence-electron chi connectivity index (χ0n) is 20.1. The van der Waals surface area contributed by atoms with E-state index < -0.39 is 0 Å². The second-order valence-electron chi connectivity index (χ2n) is 7.98. The number of fused-ring (bicyclic) bond motifs is 1. The van der Waals surface area contributed by atoms with E-state index in [1.807, 2.05) is 30.3 Å². The molecule has 0 fully saturated rings. The minimum Gasteiger partial charge on any atom is -0.493 e. The van der Waals surface area contributed by atoms with Gasteiger partial charge < -0.3 is 29.0 Å². The lowest BCUT2D eigenvalue weighted by molar-refractivity contribution is 0.283. The summed E-state index contributed by atoms with van der Waals surface area (Å²) >= 11 is 0. The van der Waals surface area contributed by atoms with E-state index in [4.69, 9.17) is 23.7 Å². The van der Waals surface area contributed by atoms with Gasteiger partial charge >= 0.3 is 0 Å². The molecule has 34 heavy (non-hydrogen) atoms. The highest BCUT2D eigenvalue weighted by molar-refractivity contribution is 5.63. The molecule has 1 N–H and O–H groups in total. The van der Waals surface area contributed by atoms with Crippen LogP contribution < -0.4 is 29.0 Å². The molecule has 1 unspecified atom stereocenters. The Bertz CT molecular complexity index is 1120. The standard InChI is InChI=1S/C28H31NO5/c1-30-24-17-22-21(16-25(24)34-18-19-8-6-5-7-9-19)12-13-29-23(22)11-10-20-14-26(31-2)28(33-4)27(15-20)32-3/h5-11,14-17,23,29H,12-13,18H2,1-4H3/b11-10+. The molecular weight excluding hydrogens is 430 g/mol. The van der Waals surface area contributed by atoms with Gasteiger partial charge in [-0.3, -0.25) is 0 Å². The zero-order valence-corrected chi connectivity index (χ0v) is 20.1. The van der Waals surface area contributed by atoms with Crippen molar-refractivity contribution < 1.29 is 23.7 Å². The molecule has 3 aromatic carbocycles. The number of ether oxygens (including phenoxy) is 5. The molecule has 6 heteroatoms. The molecule has 0 bridgehead atoms. The van der Waals surface area contributed by atoms with Gasteiger partial charge in [-0.15, -0.1) is 0 Å². The Morgan fingerprint density at radius 1 is 0.824 bits per heavy atom. The van der Waals surface area contributed by atoms with Crippen molar-refractivity contribution in [3.8, 4) is 28.7 Å². The van der Waals surface area contributed by atoms with Gasteiger partial charge in [0.1, 0.15) is 6.61 Å². The van der Waals surface area contributed by atoms with Gasteiger partial charge in [-0.2, -0.15) is 0 Å². The van der Waals surface area contributed by atoms with Gasteiger partial charge in [0.15, 0.2) is 23.0 Å². The number of rotatable bonds is 9. The molecule has 3 aromatic rings. The maximum Gasteiger partial charge on any atom is 0.203 e. The van der Waals surface area contributed by atoms with E-state index in [0.29, 0.717) is 23.9 Å². The second kappa shape index (κ2) is 11.0. The Labute approximate surface area is 201 Å². The molecule has 0 amide bonds. The fraction of sp³-hybridized carbons (Fsp3) is 0.286. The van der Waals surface area contributed by atoms with Crippen molar-refractivity contribution in [2.45, 2.75) is 19.1 Å². The predicted octanol–water partition coefficient (Wildman–Crippen LogP) is 5.20. The summed E-state index contributed by atoms with van der Waals surface area (Å²) in [5, 5.41) is 3.58. The highest BCUT2D eigenvalue weighted by Gasteiger charge is 2.21. The van der Waals surface area contributed by atoms with Crippen LogP contribution >= 0.6 is 0 Å². The molecule has 0 aliphatic carbocycles. The third-order valence-corrected chi connectivity index (χ3v) is 5.92. The van der Waals surface area contributed by atoms with E-state index in [2.05, 4.69) is 41.7 Å². The van der Waals surface area contributed by atoms with Gasteiger partial charge in [0.2, 0.25) is 5.75 Å². The summed E-state index contributed by atoms with van der Waals surface area (Å²) in [4.78, 5) is 0. The first kappa shape index (κ1) is 23.5. The molecule has 1 atom stereocenters. The Hall–Kier alpha value is -3.64. The predicted molar refractivity (Wildman–Crippen MR) is 133 cm³/mol. The molecule has 0 saturated carbocycles. The number of hydrogen-bond acceptors (Lipinski definition) is 6. The van der Waals surface area contributed by atoms with E-state index in [9.17, 15) is 0 Å². The van der Waals surface area contributed by atoms with Crippen molar-refractivity contribution in [1.82, 2.24) is 5.32 Å². The van der Waals surface area contributed by atoms with Crippen LogP contribution in [0.2, 0.25) is 0 Å². The lowest BCUT2D eigenvalue weighted by Crippen LogP contribution is -2.28. The largest absolute Gasteiger partial charge is 0.493 e. The van der Waals surface area contributed by atoms with E-state index in [-0.39, 0.29) is 6.04 Å². The third kappa shape index (κ3) is 5.13. The minimum absolute atomic E-state index is 0.0416. The van der Waals surface area contributed by atoms with Gasteiger partial charge in [-0.1, -0.05) is 42.5 Å².